The van der Waals surface area contributed by atoms with Gasteiger partial charge in [-0.1, -0.05) is 0 Å². The third kappa shape index (κ3) is 3.46. The van der Waals surface area contributed by atoms with Gasteiger partial charge in [0.1, 0.15) is 6.33 Å². The first-order valence-electron chi connectivity index (χ1n) is 6.27. The van der Waals surface area contributed by atoms with Crippen LogP contribution in [-0.4, -0.2) is 39.5 Å². The first kappa shape index (κ1) is 13.9. The molecule has 1 aromatic heterocycles. The molecule has 8 heteroatoms. The summed E-state index contributed by atoms with van der Waals surface area (Å²) in [4.78, 5) is 18.6. The third-order valence-corrected chi connectivity index (χ3v) is 4.16. The lowest BCUT2D eigenvalue weighted by Gasteiger charge is -2.11. The van der Waals surface area contributed by atoms with Gasteiger partial charge in [0.25, 0.3) is 0 Å². The molecule has 1 saturated heterocycles. The van der Waals surface area contributed by atoms with E-state index < -0.39 is 4.92 Å². The fraction of sp³-hybridized carbons (Fsp3) is 0.636. The molecule has 1 aromatic rings. The van der Waals surface area contributed by atoms with E-state index in [9.17, 15) is 10.1 Å². The summed E-state index contributed by atoms with van der Waals surface area (Å²) in [6, 6.07) is 0. The van der Waals surface area contributed by atoms with Crippen LogP contribution in [0.15, 0.2) is 6.33 Å². The van der Waals surface area contributed by atoms with Crippen LogP contribution in [0.1, 0.15) is 13.3 Å². The standard InChI is InChI=1S/C11H17N5O2S/c1-2-12-10-9(16(17)18)11(15-7-14-10)13-5-8-3-4-19-6-8/h7-8H,2-6H2,1H3,(H2,12,13,14,15). The van der Waals surface area contributed by atoms with Crippen molar-refractivity contribution < 1.29 is 4.92 Å². The highest BCUT2D eigenvalue weighted by molar-refractivity contribution is 7.99. The summed E-state index contributed by atoms with van der Waals surface area (Å²) >= 11 is 1.92. The van der Waals surface area contributed by atoms with Crippen LogP contribution in [0.5, 0.6) is 0 Å². The quantitative estimate of drug-likeness (QED) is 0.609. The van der Waals surface area contributed by atoms with E-state index in [0.717, 1.165) is 18.7 Å². The zero-order valence-corrected chi connectivity index (χ0v) is 11.6. The minimum absolute atomic E-state index is 0.0741. The molecule has 7 nitrogen and oxygen atoms in total. The van der Waals surface area contributed by atoms with Gasteiger partial charge in [-0.2, -0.15) is 11.8 Å². The highest BCUT2D eigenvalue weighted by Crippen LogP contribution is 2.30. The van der Waals surface area contributed by atoms with Crippen molar-refractivity contribution in [2.75, 3.05) is 35.2 Å². The Morgan fingerprint density at radius 1 is 1.47 bits per heavy atom. The zero-order valence-electron chi connectivity index (χ0n) is 10.8. The van der Waals surface area contributed by atoms with Gasteiger partial charge in [0.15, 0.2) is 0 Å². The maximum atomic E-state index is 11.2. The summed E-state index contributed by atoms with van der Waals surface area (Å²) in [5.41, 5.74) is -0.0741. The van der Waals surface area contributed by atoms with Crippen molar-refractivity contribution in [2.24, 2.45) is 5.92 Å². The van der Waals surface area contributed by atoms with E-state index in [4.69, 9.17) is 0 Å². The summed E-state index contributed by atoms with van der Waals surface area (Å²) in [7, 11) is 0. The zero-order chi connectivity index (χ0) is 13.7. The number of anilines is 2. The lowest BCUT2D eigenvalue weighted by Crippen LogP contribution is -2.16. The van der Waals surface area contributed by atoms with Crippen molar-refractivity contribution in [3.8, 4) is 0 Å². The van der Waals surface area contributed by atoms with Gasteiger partial charge in [-0.05, 0) is 30.8 Å². The Kier molecular flexibility index (Phi) is 4.78. The van der Waals surface area contributed by atoms with E-state index in [1.54, 1.807) is 0 Å². The molecule has 1 unspecified atom stereocenters. The number of hydrogen-bond acceptors (Lipinski definition) is 7. The Morgan fingerprint density at radius 2 is 2.21 bits per heavy atom. The summed E-state index contributed by atoms with van der Waals surface area (Å²) in [5.74, 6) is 3.40. The monoisotopic (exact) mass is 283 g/mol. The van der Waals surface area contributed by atoms with Gasteiger partial charge in [0, 0.05) is 13.1 Å². The highest BCUT2D eigenvalue weighted by Gasteiger charge is 2.23. The molecule has 0 radical (unpaired) electrons. The average molecular weight is 283 g/mol. The Labute approximate surface area is 115 Å². The number of nitro groups is 1. The van der Waals surface area contributed by atoms with Crippen molar-refractivity contribution in [1.29, 1.82) is 0 Å². The Bertz CT molecular complexity index is 451. The van der Waals surface area contributed by atoms with E-state index in [2.05, 4.69) is 20.6 Å². The second kappa shape index (κ2) is 6.55. The summed E-state index contributed by atoms with van der Waals surface area (Å²) in [5, 5.41) is 17.1. The first-order chi connectivity index (χ1) is 9.22. The molecule has 0 aliphatic carbocycles. The van der Waals surface area contributed by atoms with Gasteiger partial charge in [0.05, 0.1) is 4.92 Å². The molecule has 1 aliphatic rings. The van der Waals surface area contributed by atoms with Gasteiger partial charge in [-0.25, -0.2) is 9.97 Å². The molecule has 104 valence electrons. The van der Waals surface area contributed by atoms with Crippen molar-refractivity contribution in [1.82, 2.24) is 9.97 Å². The van der Waals surface area contributed by atoms with Gasteiger partial charge in [-0.15, -0.1) is 0 Å². The predicted molar refractivity (Wildman–Crippen MR) is 76.8 cm³/mol. The van der Waals surface area contributed by atoms with Crippen LogP contribution in [0.4, 0.5) is 17.3 Å². The molecule has 0 spiro atoms. The van der Waals surface area contributed by atoms with Crippen molar-refractivity contribution in [2.45, 2.75) is 13.3 Å². The SMILES string of the molecule is CCNc1ncnc(NCC2CCSC2)c1[N+](=O)[O-]. The molecule has 0 bridgehead atoms. The van der Waals surface area contributed by atoms with Gasteiger partial charge < -0.3 is 10.6 Å². The topological polar surface area (TPSA) is 93.0 Å². The largest absolute Gasteiger partial charge is 0.364 e. The van der Waals surface area contributed by atoms with Crippen LogP contribution in [-0.2, 0) is 0 Å². The number of hydrogen-bond donors (Lipinski definition) is 2. The smallest absolute Gasteiger partial charge is 0.353 e. The maximum Gasteiger partial charge on any atom is 0.353 e. The minimum atomic E-state index is -0.441. The van der Waals surface area contributed by atoms with Gasteiger partial charge in [0.2, 0.25) is 11.6 Å². The molecule has 0 aromatic carbocycles. The van der Waals surface area contributed by atoms with Crippen LogP contribution in [0.3, 0.4) is 0 Å². The van der Waals surface area contributed by atoms with Crippen molar-refractivity contribution in [3.05, 3.63) is 16.4 Å². The molecule has 1 aliphatic heterocycles. The first-order valence-corrected chi connectivity index (χ1v) is 7.42. The number of aromatic nitrogens is 2. The van der Waals surface area contributed by atoms with Crippen molar-refractivity contribution in [3.63, 3.8) is 0 Å². The van der Waals surface area contributed by atoms with E-state index in [1.165, 1.54) is 12.1 Å². The Balaban J connectivity index is 2.13. The van der Waals surface area contributed by atoms with Crippen LogP contribution in [0.2, 0.25) is 0 Å². The van der Waals surface area contributed by atoms with E-state index in [0.29, 0.717) is 18.3 Å². The lowest BCUT2D eigenvalue weighted by molar-refractivity contribution is -0.383. The van der Waals surface area contributed by atoms with Crippen LogP contribution in [0, 0.1) is 16.0 Å². The lowest BCUT2D eigenvalue weighted by atomic mass is 10.1. The van der Waals surface area contributed by atoms with Crippen LogP contribution >= 0.6 is 11.8 Å². The number of thioether (sulfide) groups is 1. The normalized spacial score (nSPS) is 18.3. The van der Waals surface area contributed by atoms with Gasteiger partial charge in [-0.3, -0.25) is 10.1 Å². The van der Waals surface area contributed by atoms with Crippen LogP contribution in [0.25, 0.3) is 0 Å². The molecule has 0 saturated carbocycles. The molecule has 2 heterocycles. The Morgan fingerprint density at radius 3 is 2.79 bits per heavy atom. The fourth-order valence-corrected chi connectivity index (χ4v) is 3.25. The van der Waals surface area contributed by atoms with E-state index in [-0.39, 0.29) is 11.5 Å². The molecule has 0 amide bonds. The second-order valence-corrected chi connectivity index (χ2v) is 5.47. The molecular formula is C11H17N5O2S. The number of nitrogens with zero attached hydrogens (tertiary/aromatic N) is 3. The Hall–Kier alpha value is -1.57. The molecule has 2 rings (SSSR count). The summed E-state index contributed by atoms with van der Waals surface area (Å²) < 4.78 is 0. The summed E-state index contributed by atoms with van der Waals surface area (Å²) in [6.07, 6.45) is 2.49. The molecular weight excluding hydrogens is 266 g/mol. The van der Waals surface area contributed by atoms with Crippen molar-refractivity contribution >= 4 is 29.1 Å². The number of nitrogens with one attached hydrogen (secondary N) is 2. The fourth-order valence-electron chi connectivity index (χ4n) is 1.96. The van der Waals surface area contributed by atoms with E-state index >= 15 is 0 Å². The molecule has 2 N–H and O–H groups in total. The predicted octanol–water partition coefficient (Wildman–Crippen LogP) is 1.98. The maximum absolute atomic E-state index is 11.2. The minimum Gasteiger partial charge on any atom is -0.364 e. The highest BCUT2D eigenvalue weighted by atomic mass is 32.2. The average Bonchev–Trinajstić information content (AvgIpc) is 2.89. The second-order valence-electron chi connectivity index (χ2n) is 4.32. The third-order valence-electron chi connectivity index (χ3n) is 2.93. The molecule has 1 atom stereocenters. The number of rotatable bonds is 6. The summed E-state index contributed by atoms with van der Waals surface area (Å²) in [6.45, 7) is 3.17. The van der Waals surface area contributed by atoms with E-state index in [1.807, 2.05) is 18.7 Å². The van der Waals surface area contributed by atoms with Crippen LogP contribution < -0.4 is 10.6 Å². The molecule has 19 heavy (non-hydrogen) atoms. The molecule has 1 fully saturated rings. The van der Waals surface area contributed by atoms with Gasteiger partial charge >= 0.3 is 5.69 Å².